The Hall–Kier alpha value is -2.68. The lowest BCUT2D eigenvalue weighted by atomic mass is 10.1. The first-order valence-corrected chi connectivity index (χ1v) is 8.57. The van der Waals surface area contributed by atoms with Crippen LogP contribution < -0.4 is 13.7 Å². The zero-order valence-corrected chi connectivity index (χ0v) is 14.6. The lowest BCUT2D eigenvalue weighted by Gasteiger charge is -2.09. The van der Waals surface area contributed by atoms with Gasteiger partial charge in [-0.15, -0.1) is 0 Å². The van der Waals surface area contributed by atoms with Crippen LogP contribution in [0.15, 0.2) is 42.5 Å². The molecule has 26 heavy (non-hydrogen) atoms. The number of methoxy groups -OCH3 is 2. The van der Waals surface area contributed by atoms with Crippen LogP contribution in [0, 0.1) is 0 Å². The molecule has 0 spiro atoms. The molecule has 0 aromatic heterocycles. The normalized spacial score (nSPS) is 12.2. The van der Waals surface area contributed by atoms with E-state index in [1.54, 1.807) is 30.4 Å². The van der Waals surface area contributed by atoms with Crippen molar-refractivity contribution in [1.82, 2.24) is 0 Å². The van der Waals surface area contributed by atoms with Crippen LogP contribution in [0.25, 0.3) is 12.2 Å². The van der Waals surface area contributed by atoms with Crippen LogP contribution in [-0.2, 0) is 10.1 Å². The molecule has 0 N–H and O–H groups in total. The van der Waals surface area contributed by atoms with E-state index in [0.717, 1.165) is 17.7 Å². The van der Waals surface area contributed by atoms with Crippen molar-refractivity contribution in [1.29, 1.82) is 0 Å². The van der Waals surface area contributed by atoms with E-state index in [1.165, 1.54) is 26.4 Å². The molecule has 5 nitrogen and oxygen atoms in total. The van der Waals surface area contributed by atoms with Crippen LogP contribution in [0.1, 0.15) is 11.1 Å². The summed E-state index contributed by atoms with van der Waals surface area (Å²) in [6, 6.07) is 10.4. The van der Waals surface area contributed by atoms with Crippen LogP contribution >= 0.6 is 0 Å². The molecule has 0 aliphatic carbocycles. The second-order valence-corrected chi connectivity index (χ2v) is 6.57. The molecular weight excluding hydrogens is 373 g/mol. The minimum absolute atomic E-state index is 0.428. The van der Waals surface area contributed by atoms with E-state index in [4.69, 9.17) is 9.47 Å². The first-order valence-electron chi connectivity index (χ1n) is 7.16. The lowest BCUT2D eigenvalue weighted by molar-refractivity contribution is -0.0500. The molecule has 0 bridgehead atoms. The van der Waals surface area contributed by atoms with E-state index in [0.29, 0.717) is 17.1 Å². The first kappa shape index (κ1) is 19.6. The monoisotopic (exact) mass is 388 g/mol. The fourth-order valence-corrected chi connectivity index (χ4v) is 2.39. The highest BCUT2D eigenvalue weighted by molar-refractivity contribution is 7.88. The predicted octanol–water partition coefficient (Wildman–Crippen LogP) is 4.10. The van der Waals surface area contributed by atoms with Crippen LogP contribution in [0.3, 0.4) is 0 Å². The second-order valence-electron chi connectivity index (χ2n) is 5.03. The molecule has 0 atom stereocenters. The van der Waals surface area contributed by atoms with Crippen molar-refractivity contribution in [3.63, 3.8) is 0 Å². The Morgan fingerprint density at radius 3 is 1.77 bits per heavy atom. The van der Waals surface area contributed by atoms with E-state index in [-0.39, 0.29) is 0 Å². The molecule has 140 valence electrons. The third-order valence-electron chi connectivity index (χ3n) is 3.21. The maximum absolute atomic E-state index is 12.3. The molecular formula is C17H15F3O5S. The van der Waals surface area contributed by atoms with Gasteiger partial charge in [-0.2, -0.15) is 21.6 Å². The molecule has 0 aliphatic heterocycles. The van der Waals surface area contributed by atoms with Crippen molar-refractivity contribution in [2.24, 2.45) is 0 Å². The van der Waals surface area contributed by atoms with E-state index < -0.39 is 21.4 Å². The summed E-state index contributed by atoms with van der Waals surface area (Å²) in [5.41, 5.74) is -4.07. The van der Waals surface area contributed by atoms with Gasteiger partial charge in [0.15, 0.2) is 0 Å². The summed E-state index contributed by atoms with van der Waals surface area (Å²) in [7, 11) is -2.63. The summed E-state index contributed by atoms with van der Waals surface area (Å²) < 4.78 is 73.1. The number of ether oxygens (including phenoxy) is 2. The van der Waals surface area contributed by atoms with Crippen molar-refractivity contribution in [2.45, 2.75) is 5.51 Å². The maximum atomic E-state index is 12.3. The van der Waals surface area contributed by atoms with E-state index in [2.05, 4.69) is 4.18 Å². The van der Waals surface area contributed by atoms with Gasteiger partial charge in [0.05, 0.1) is 14.2 Å². The van der Waals surface area contributed by atoms with Gasteiger partial charge in [0.2, 0.25) is 0 Å². The number of halogens is 3. The zero-order chi connectivity index (χ0) is 19.4. The van der Waals surface area contributed by atoms with Crippen molar-refractivity contribution >= 4 is 22.3 Å². The molecule has 0 heterocycles. The standard InChI is InChI=1S/C17H15F3O5S/c1-23-15-9-13(10-16(11-15)24-2)4-3-12-5-7-14(8-6-12)25-26(21,22)17(18,19)20/h3-11H,1-2H3/b4-3+. The van der Waals surface area contributed by atoms with Gasteiger partial charge in [0, 0.05) is 6.07 Å². The molecule has 0 amide bonds. The molecule has 0 aliphatic rings. The van der Waals surface area contributed by atoms with Crippen molar-refractivity contribution in [3.05, 3.63) is 53.6 Å². The third kappa shape index (κ3) is 4.92. The molecule has 9 heteroatoms. The Kier molecular flexibility index (Phi) is 5.81. The predicted molar refractivity (Wildman–Crippen MR) is 90.5 cm³/mol. The lowest BCUT2D eigenvalue weighted by Crippen LogP contribution is -2.28. The largest absolute Gasteiger partial charge is 0.534 e. The average molecular weight is 388 g/mol. The van der Waals surface area contributed by atoms with Gasteiger partial charge in [-0.3, -0.25) is 0 Å². The molecule has 0 saturated heterocycles. The number of hydrogen-bond donors (Lipinski definition) is 0. The van der Waals surface area contributed by atoms with Gasteiger partial charge in [0.1, 0.15) is 17.2 Å². The molecule has 0 saturated carbocycles. The van der Waals surface area contributed by atoms with Crippen LogP contribution in [0.4, 0.5) is 13.2 Å². The topological polar surface area (TPSA) is 61.8 Å². The molecule has 0 radical (unpaired) electrons. The molecule has 2 rings (SSSR count). The molecule has 2 aromatic carbocycles. The van der Waals surface area contributed by atoms with E-state index in [9.17, 15) is 21.6 Å². The van der Waals surface area contributed by atoms with Crippen LogP contribution in [0.2, 0.25) is 0 Å². The maximum Gasteiger partial charge on any atom is 0.534 e. The average Bonchev–Trinajstić information content (AvgIpc) is 2.59. The first-order chi connectivity index (χ1) is 12.1. The highest BCUT2D eigenvalue weighted by Crippen LogP contribution is 2.27. The fourth-order valence-electron chi connectivity index (χ4n) is 1.93. The summed E-state index contributed by atoms with van der Waals surface area (Å²) >= 11 is 0. The SMILES string of the molecule is COc1cc(/C=C/c2ccc(OS(=O)(=O)C(F)(F)F)cc2)cc(OC)c1. The van der Waals surface area contributed by atoms with Crippen LogP contribution in [0.5, 0.6) is 17.2 Å². The van der Waals surface area contributed by atoms with Gasteiger partial charge in [-0.25, -0.2) is 0 Å². The van der Waals surface area contributed by atoms with Crippen molar-refractivity contribution in [2.75, 3.05) is 14.2 Å². The smallest absolute Gasteiger partial charge is 0.497 e. The number of rotatable bonds is 6. The van der Waals surface area contributed by atoms with Crippen molar-refractivity contribution < 1.29 is 35.2 Å². The van der Waals surface area contributed by atoms with Gasteiger partial charge in [0.25, 0.3) is 0 Å². The number of benzene rings is 2. The summed E-state index contributed by atoms with van der Waals surface area (Å²) in [6.07, 6.45) is 3.43. The minimum atomic E-state index is -5.68. The molecule has 0 unspecified atom stereocenters. The zero-order valence-electron chi connectivity index (χ0n) is 13.8. The van der Waals surface area contributed by atoms with Gasteiger partial charge >= 0.3 is 15.6 Å². The molecule has 2 aromatic rings. The van der Waals surface area contributed by atoms with Gasteiger partial charge < -0.3 is 13.7 Å². The second kappa shape index (κ2) is 7.69. The quantitative estimate of drug-likeness (QED) is 0.424. The third-order valence-corrected chi connectivity index (χ3v) is 4.19. The van der Waals surface area contributed by atoms with Crippen LogP contribution in [-0.4, -0.2) is 28.1 Å². The number of alkyl halides is 3. The summed E-state index contributed by atoms with van der Waals surface area (Å²) in [5.74, 6) is 0.776. The minimum Gasteiger partial charge on any atom is -0.497 e. The summed E-state index contributed by atoms with van der Waals surface area (Å²) in [4.78, 5) is 0. The van der Waals surface area contributed by atoms with E-state index in [1.807, 2.05) is 0 Å². The Morgan fingerprint density at radius 2 is 1.31 bits per heavy atom. The Balaban J connectivity index is 2.16. The van der Waals surface area contributed by atoms with Crippen molar-refractivity contribution in [3.8, 4) is 17.2 Å². The molecule has 0 fully saturated rings. The highest BCUT2D eigenvalue weighted by atomic mass is 32.2. The van der Waals surface area contributed by atoms with Gasteiger partial charge in [-0.05, 0) is 35.4 Å². The van der Waals surface area contributed by atoms with E-state index >= 15 is 0 Å². The highest BCUT2D eigenvalue weighted by Gasteiger charge is 2.48. The summed E-state index contributed by atoms with van der Waals surface area (Å²) in [5, 5.41) is 0. The number of hydrogen-bond acceptors (Lipinski definition) is 5. The summed E-state index contributed by atoms with van der Waals surface area (Å²) in [6.45, 7) is 0. The Labute approximate surface area is 148 Å². The fraction of sp³-hybridized carbons (Fsp3) is 0.176. The van der Waals surface area contributed by atoms with Gasteiger partial charge in [-0.1, -0.05) is 24.3 Å². The Morgan fingerprint density at radius 1 is 0.808 bits per heavy atom. The Bertz CT molecular complexity index is 865.